The van der Waals surface area contributed by atoms with Crippen molar-refractivity contribution in [3.05, 3.63) is 24.3 Å². The van der Waals surface area contributed by atoms with Crippen LogP contribution in [0.15, 0.2) is 29.2 Å². The molecule has 2 unspecified atom stereocenters. The SMILES string of the molecule is FC(F)Sc1ccc(NC2CCN3CCCCC23)cc1. The predicted molar refractivity (Wildman–Crippen MR) is 79.5 cm³/mol. The first kappa shape index (κ1) is 14.1. The second kappa shape index (κ2) is 6.31. The lowest BCUT2D eigenvalue weighted by atomic mass is 9.99. The second-order valence-corrected chi connectivity index (χ2v) is 6.60. The van der Waals surface area contributed by atoms with Gasteiger partial charge in [-0.2, -0.15) is 8.78 Å². The molecule has 2 fully saturated rings. The zero-order valence-electron chi connectivity index (χ0n) is 11.4. The van der Waals surface area contributed by atoms with Crippen LogP contribution in [0.5, 0.6) is 0 Å². The Kier molecular flexibility index (Phi) is 4.46. The summed E-state index contributed by atoms with van der Waals surface area (Å²) in [5.74, 6) is -2.35. The van der Waals surface area contributed by atoms with Crippen LogP contribution < -0.4 is 5.32 Å². The Labute approximate surface area is 122 Å². The van der Waals surface area contributed by atoms with E-state index in [0.29, 0.717) is 28.7 Å². The highest BCUT2D eigenvalue weighted by atomic mass is 32.2. The van der Waals surface area contributed by atoms with Crippen molar-refractivity contribution in [1.29, 1.82) is 0 Å². The molecule has 1 aromatic rings. The summed E-state index contributed by atoms with van der Waals surface area (Å²) in [5, 5.41) is 3.58. The van der Waals surface area contributed by atoms with Gasteiger partial charge in [-0.1, -0.05) is 18.2 Å². The van der Waals surface area contributed by atoms with Crippen molar-refractivity contribution in [3.8, 4) is 0 Å². The van der Waals surface area contributed by atoms with Gasteiger partial charge < -0.3 is 5.32 Å². The number of fused-ring (bicyclic) bond motifs is 1. The van der Waals surface area contributed by atoms with Crippen molar-refractivity contribution in [2.24, 2.45) is 0 Å². The standard InChI is InChI=1S/C15H20F2N2S/c16-15(17)20-12-6-4-11(5-7-12)18-13-8-10-19-9-2-1-3-14(13)19/h4-7,13-15,18H,1-3,8-10H2. The van der Waals surface area contributed by atoms with E-state index in [2.05, 4.69) is 10.2 Å². The van der Waals surface area contributed by atoms with Gasteiger partial charge in [-0.3, -0.25) is 4.90 Å². The van der Waals surface area contributed by atoms with Crippen molar-refractivity contribution in [2.75, 3.05) is 18.4 Å². The van der Waals surface area contributed by atoms with E-state index >= 15 is 0 Å². The normalized spacial score (nSPS) is 26.8. The Balaban J connectivity index is 1.60. The zero-order chi connectivity index (χ0) is 13.9. The first-order valence-corrected chi connectivity index (χ1v) is 8.16. The molecule has 2 aliphatic rings. The van der Waals surface area contributed by atoms with Gasteiger partial charge in [-0.15, -0.1) is 0 Å². The molecular formula is C15H20F2N2S. The molecule has 110 valence electrons. The average molecular weight is 298 g/mol. The lowest BCUT2D eigenvalue weighted by Gasteiger charge is -2.33. The van der Waals surface area contributed by atoms with Crippen LogP contribution >= 0.6 is 11.8 Å². The molecule has 0 bridgehead atoms. The van der Waals surface area contributed by atoms with Crippen LogP contribution in [0.25, 0.3) is 0 Å². The van der Waals surface area contributed by atoms with Gasteiger partial charge in [-0.25, -0.2) is 0 Å². The second-order valence-electron chi connectivity index (χ2n) is 5.54. The summed E-state index contributed by atoms with van der Waals surface area (Å²) in [6.07, 6.45) is 5.10. The summed E-state index contributed by atoms with van der Waals surface area (Å²) >= 11 is 0.599. The predicted octanol–water partition coefficient (Wildman–Crippen LogP) is 4.04. The van der Waals surface area contributed by atoms with Gasteiger partial charge in [0.05, 0.1) is 0 Å². The quantitative estimate of drug-likeness (QED) is 0.845. The highest BCUT2D eigenvalue weighted by Gasteiger charge is 2.35. The summed E-state index contributed by atoms with van der Waals surface area (Å²) in [4.78, 5) is 3.21. The van der Waals surface area contributed by atoms with E-state index in [1.165, 1.54) is 38.8 Å². The van der Waals surface area contributed by atoms with Gasteiger partial charge in [0.15, 0.2) is 0 Å². The number of benzene rings is 1. The summed E-state index contributed by atoms with van der Waals surface area (Å²) < 4.78 is 24.6. The average Bonchev–Trinajstić information content (AvgIpc) is 2.84. The van der Waals surface area contributed by atoms with Gasteiger partial charge >= 0.3 is 0 Å². The number of piperidine rings is 1. The van der Waals surface area contributed by atoms with Crippen LogP contribution in [0.3, 0.4) is 0 Å². The minimum Gasteiger partial charge on any atom is -0.381 e. The van der Waals surface area contributed by atoms with E-state index in [9.17, 15) is 8.78 Å². The Hall–Kier alpha value is -0.810. The van der Waals surface area contributed by atoms with E-state index in [-0.39, 0.29) is 0 Å². The molecule has 0 spiro atoms. The summed E-state index contributed by atoms with van der Waals surface area (Å²) in [7, 11) is 0. The number of thioether (sulfide) groups is 1. The fourth-order valence-corrected chi connectivity index (χ4v) is 3.86. The molecule has 1 aromatic carbocycles. The van der Waals surface area contributed by atoms with E-state index < -0.39 is 5.76 Å². The smallest absolute Gasteiger partial charge is 0.288 e. The minimum absolute atomic E-state index is 0.504. The van der Waals surface area contributed by atoms with Crippen LogP contribution in [0.4, 0.5) is 14.5 Å². The van der Waals surface area contributed by atoms with E-state index in [4.69, 9.17) is 0 Å². The largest absolute Gasteiger partial charge is 0.381 e. The van der Waals surface area contributed by atoms with E-state index in [1.54, 1.807) is 12.1 Å². The molecule has 3 rings (SSSR count). The number of anilines is 1. The zero-order valence-corrected chi connectivity index (χ0v) is 12.2. The van der Waals surface area contributed by atoms with Gasteiger partial charge in [-0.05, 0) is 50.1 Å². The maximum Gasteiger partial charge on any atom is 0.288 e. The van der Waals surface area contributed by atoms with Crippen LogP contribution in [-0.4, -0.2) is 35.8 Å². The number of nitrogens with zero attached hydrogens (tertiary/aromatic N) is 1. The van der Waals surface area contributed by atoms with Crippen LogP contribution in [0.2, 0.25) is 0 Å². The highest BCUT2D eigenvalue weighted by Crippen LogP contribution is 2.30. The molecule has 0 aromatic heterocycles. The van der Waals surface area contributed by atoms with E-state index in [1.807, 2.05) is 12.1 Å². The van der Waals surface area contributed by atoms with Crippen LogP contribution in [-0.2, 0) is 0 Å². The lowest BCUT2D eigenvalue weighted by molar-refractivity contribution is 0.193. The number of hydrogen-bond donors (Lipinski definition) is 1. The maximum absolute atomic E-state index is 12.3. The molecule has 0 radical (unpaired) electrons. The number of rotatable bonds is 4. The molecular weight excluding hydrogens is 278 g/mol. The minimum atomic E-state index is -2.35. The molecule has 1 N–H and O–H groups in total. The molecule has 5 heteroatoms. The maximum atomic E-state index is 12.3. The van der Waals surface area contributed by atoms with Crippen molar-refractivity contribution >= 4 is 17.4 Å². The molecule has 2 atom stereocenters. The fraction of sp³-hybridized carbons (Fsp3) is 0.600. The summed E-state index contributed by atoms with van der Waals surface area (Å²) in [5.41, 5.74) is 1.04. The Bertz CT molecular complexity index is 438. The van der Waals surface area contributed by atoms with Crippen molar-refractivity contribution in [1.82, 2.24) is 4.90 Å². The molecule has 20 heavy (non-hydrogen) atoms. The first-order valence-electron chi connectivity index (χ1n) is 7.28. The highest BCUT2D eigenvalue weighted by molar-refractivity contribution is 7.99. The number of hydrogen-bond acceptors (Lipinski definition) is 3. The number of halogens is 2. The lowest BCUT2D eigenvalue weighted by Crippen LogP contribution is -2.41. The molecule has 2 aliphatic heterocycles. The Morgan fingerprint density at radius 3 is 2.65 bits per heavy atom. The molecule has 2 heterocycles. The molecule has 0 saturated carbocycles. The van der Waals surface area contributed by atoms with E-state index in [0.717, 1.165) is 5.69 Å². The van der Waals surface area contributed by atoms with Crippen molar-refractivity contribution in [3.63, 3.8) is 0 Å². The third-order valence-electron chi connectivity index (χ3n) is 4.29. The first-order chi connectivity index (χ1) is 9.72. The molecule has 0 amide bonds. The number of alkyl halides is 2. The topological polar surface area (TPSA) is 15.3 Å². The third kappa shape index (κ3) is 3.26. The summed E-state index contributed by atoms with van der Waals surface area (Å²) in [6.45, 7) is 2.41. The number of nitrogens with one attached hydrogen (secondary N) is 1. The fourth-order valence-electron chi connectivity index (χ4n) is 3.36. The summed E-state index contributed by atoms with van der Waals surface area (Å²) in [6, 6.07) is 8.52. The van der Waals surface area contributed by atoms with Gasteiger partial charge in [0.2, 0.25) is 0 Å². The Morgan fingerprint density at radius 2 is 1.90 bits per heavy atom. The molecule has 2 saturated heterocycles. The monoisotopic (exact) mass is 298 g/mol. The van der Waals surface area contributed by atoms with Crippen molar-refractivity contribution < 1.29 is 8.78 Å². The van der Waals surface area contributed by atoms with Crippen molar-refractivity contribution in [2.45, 2.75) is 48.4 Å². The van der Waals surface area contributed by atoms with Gasteiger partial charge in [0.1, 0.15) is 0 Å². The van der Waals surface area contributed by atoms with Crippen LogP contribution in [0, 0.1) is 0 Å². The van der Waals surface area contributed by atoms with Gasteiger partial charge in [0.25, 0.3) is 5.76 Å². The molecule has 2 nitrogen and oxygen atoms in total. The molecule has 0 aliphatic carbocycles. The van der Waals surface area contributed by atoms with Crippen LogP contribution in [0.1, 0.15) is 25.7 Å². The third-order valence-corrected chi connectivity index (χ3v) is 5.01. The Morgan fingerprint density at radius 1 is 1.10 bits per heavy atom. The van der Waals surface area contributed by atoms with Gasteiger partial charge in [0, 0.05) is 29.2 Å².